The van der Waals surface area contributed by atoms with E-state index in [0.29, 0.717) is 5.75 Å². The number of ether oxygens (including phenoxy) is 1. The van der Waals surface area contributed by atoms with Crippen LogP contribution in [0.2, 0.25) is 0 Å². The van der Waals surface area contributed by atoms with Crippen molar-refractivity contribution in [2.75, 3.05) is 0 Å². The lowest BCUT2D eigenvalue weighted by Crippen LogP contribution is -2.44. The Hall–Kier alpha value is -3.75. The molecule has 31 heavy (non-hydrogen) atoms. The van der Waals surface area contributed by atoms with Crippen LogP contribution >= 0.6 is 0 Å². The van der Waals surface area contributed by atoms with Gasteiger partial charge in [-0.15, -0.1) is 0 Å². The van der Waals surface area contributed by atoms with E-state index in [2.05, 4.69) is 15.8 Å². The molecular weight excluding hydrogens is 400 g/mol. The summed E-state index contributed by atoms with van der Waals surface area (Å²) in [7, 11) is 0. The Morgan fingerprint density at radius 1 is 1.03 bits per heavy atom. The highest BCUT2D eigenvalue weighted by atomic mass is 16.6. The quantitative estimate of drug-likeness (QED) is 0.306. The minimum atomic E-state index is -0.787. The molecule has 0 spiro atoms. The molecule has 2 N–H and O–H groups in total. The molecule has 0 heterocycles. The van der Waals surface area contributed by atoms with E-state index in [1.807, 2.05) is 0 Å². The summed E-state index contributed by atoms with van der Waals surface area (Å²) in [6.45, 7) is 0.275. The fourth-order valence-corrected chi connectivity index (χ4v) is 3.24. The summed E-state index contributed by atoms with van der Waals surface area (Å²) in [6.07, 6.45) is 6.55. The Balaban J connectivity index is 1.42. The number of nitro groups is 1. The lowest BCUT2D eigenvalue weighted by Gasteiger charge is -2.22. The Morgan fingerprint density at radius 2 is 1.71 bits per heavy atom. The van der Waals surface area contributed by atoms with Crippen LogP contribution in [0.1, 0.15) is 43.2 Å². The first-order valence-electron chi connectivity index (χ1n) is 10.1. The zero-order valence-electron chi connectivity index (χ0n) is 17.0. The lowest BCUT2D eigenvalue weighted by atomic mass is 9.95. The number of rotatable bonds is 7. The number of hydrogen-bond donors (Lipinski definition) is 2. The molecule has 0 aromatic heterocycles. The van der Waals surface area contributed by atoms with E-state index >= 15 is 0 Å². The standard InChI is InChI=1S/C22H24N4O5/c27-21(24-18-4-2-1-3-5-18)22(28)25-23-14-16-8-12-20(13-9-16)31-15-17-6-10-19(11-7-17)26(29)30/h6-14,18H,1-5,15H2,(H,24,27)(H,25,28)/b23-14+. The van der Waals surface area contributed by atoms with Crippen molar-refractivity contribution in [3.8, 4) is 5.75 Å². The number of nitrogens with zero attached hydrogens (tertiary/aromatic N) is 2. The van der Waals surface area contributed by atoms with Crippen LogP contribution in [0.25, 0.3) is 0 Å². The van der Waals surface area contributed by atoms with Crippen molar-refractivity contribution in [2.24, 2.45) is 5.10 Å². The van der Waals surface area contributed by atoms with Gasteiger partial charge in [0.1, 0.15) is 12.4 Å². The van der Waals surface area contributed by atoms with Crippen LogP contribution < -0.4 is 15.5 Å². The minimum absolute atomic E-state index is 0.0333. The molecule has 1 fully saturated rings. The van der Waals surface area contributed by atoms with Crippen molar-refractivity contribution in [3.63, 3.8) is 0 Å². The largest absolute Gasteiger partial charge is 0.489 e. The Morgan fingerprint density at radius 3 is 2.35 bits per heavy atom. The van der Waals surface area contributed by atoms with Crippen LogP contribution in [-0.2, 0) is 16.2 Å². The number of nitrogens with one attached hydrogen (secondary N) is 2. The van der Waals surface area contributed by atoms with Crippen molar-refractivity contribution >= 4 is 23.7 Å². The highest BCUT2D eigenvalue weighted by Crippen LogP contribution is 2.17. The molecule has 9 heteroatoms. The number of hydrazone groups is 1. The summed E-state index contributed by atoms with van der Waals surface area (Å²) in [4.78, 5) is 34.0. The van der Waals surface area contributed by atoms with Crippen LogP contribution in [0.4, 0.5) is 5.69 Å². The third kappa shape index (κ3) is 6.91. The fraction of sp³-hybridized carbons (Fsp3) is 0.318. The first-order chi connectivity index (χ1) is 15.0. The molecule has 2 aromatic rings. The van der Waals surface area contributed by atoms with E-state index in [1.54, 1.807) is 36.4 Å². The molecule has 0 atom stereocenters. The maximum absolute atomic E-state index is 11.9. The van der Waals surface area contributed by atoms with Gasteiger partial charge >= 0.3 is 11.8 Å². The van der Waals surface area contributed by atoms with Crippen LogP contribution in [0.3, 0.4) is 0 Å². The van der Waals surface area contributed by atoms with Crippen LogP contribution in [0.5, 0.6) is 5.75 Å². The van der Waals surface area contributed by atoms with Crippen LogP contribution in [0, 0.1) is 10.1 Å². The van der Waals surface area contributed by atoms with Gasteiger partial charge in [0.15, 0.2) is 0 Å². The number of amides is 2. The first-order valence-corrected chi connectivity index (χ1v) is 10.1. The topological polar surface area (TPSA) is 123 Å². The van der Waals surface area contributed by atoms with Crippen molar-refractivity contribution in [2.45, 2.75) is 44.8 Å². The molecule has 1 saturated carbocycles. The van der Waals surface area contributed by atoms with E-state index in [4.69, 9.17) is 4.74 Å². The van der Waals surface area contributed by atoms with Gasteiger partial charge in [0.25, 0.3) is 5.69 Å². The predicted octanol–water partition coefficient (Wildman–Crippen LogP) is 3.07. The average Bonchev–Trinajstić information content (AvgIpc) is 2.79. The summed E-state index contributed by atoms with van der Waals surface area (Å²) < 4.78 is 5.66. The molecule has 0 radical (unpaired) electrons. The van der Waals surface area contributed by atoms with E-state index in [9.17, 15) is 19.7 Å². The van der Waals surface area contributed by atoms with Crippen molar-refractivity contribution in [3.05, 3.63) is 69.8 Å². The lowest BCUT2D eigenvalue weighted by molar-refractivity contribution is -0.384. The number of nitro benzene ring substituents is 1. The van der Waals surface area contributed by atoms with E-state index < -0.39 is 16.7 Å². The summed E-state index contributed by atoms with van der Waals surface area (Å²) in [5.74, 6) is -0.838. The molecule has 0 unspecified atom stereocenters. The molecular formula is C22H24N4O5. The highest BCUT2D eigenvalue weighted by molar-refractivity contribution is 6.35. The molecule has 162 valence electrons. The highest BCUT2D eigenvalue weighted by Gasteiger charge is 2.19. The Kier molecular flexibility index (Phi) is 7.69. The zero-order chi connectivity index (χ0) is 22.1. The van der Waals surface area contributed by atoms with Crippen LogP contribution in [0.15, 0.2) is 53.6 Å². The second-order valence-electron chi connectivity index (χ2n) is 7.29. The molecule has 1 aliphatic rings. The second-order valence-corrected chi connectivity index (χ2v) is 7.29. The molecule has 2 amide bonds. The molecule has 0 saturated heterocycles. The van der Waals surface area contributed by atoms with Crippen molar-refractivity contribution in [1.82, 2.24) is 10.7 Å². The summed E-state index contributed by atoms with van der Waals surface area (Å²) in [5.41, 5.74) is 3.80. The zero-order valence-corrected chi connectivity index (χ0v) is 17.0. The number of carbonyl (C=O) groups excluding carboxylic acids is 2. The van der Waals surface area contributed by atoms with Gasteiger partial charge in [-0.1, -0.05) is 19.3 Å². The SMILES string of the molecule is O=C(N/N=C/c1ccc(OCc2ccc([N+](=O)[O-])cc2)cc1)C(=O)NC1CCCCC1. The average molecular weight is 424 g/mol. The van der Waals surface area contributed by atoms with E-state index in [1.165, 1.54) is 24.8 Å². The summed E-state index contributed by atoms with van der Waals surface area (Å²) >= 11 is 0. The molecule has 2 aromatic carbocycles. The minimum Gasteiger partial charge on any atom is -0.489 e. The summed E-state index contributed by atoms with van der Waals surface area (Å²) in [6, 6.07) is 13.2. The summed E-state index contributed by atoms with van der Waals surface area (Å²) in [5, 5.41) is 17.2. The van der Waals surface area contributed by atoms with Gasteiger partial charge in [-0.05, 0) is 60.4 Å². The molecule has 1 aliphatic carbocycles. The van der Waals surface area contributed by atoms with Gasteiger partial charge in [-0.25, -0.2) is 5.43 Å². The third-order valence-corrected chi connectivity index (χ3v) is 4.96. The predicted molar refractivity (Wildman–Crippen MR) is 115 cm³/mol. The maximum atomic E-state index is 11.9. The van der Waals surface area contributed by atoms with Gasteiger partial charge in [-0.3, -0.25) is 19.7 Å². The van der Waals surface area contributed by atoms with Gasteiger partial charge in [-0.2, -0.15) is 5.10 Å². The van der Waals surface area contributed by atoms with E-state index in [0.717, 1.165) is 36.8 Å². The number of non-ortho nitro benzene ring substituents is 1. The number of carbonyl (C=O) groups is 2. The van der Waals surface area contributed by atoms with Gasteiger partial charge in [0.05, 0.1) is 11.1 Å². The maximum Gasteiger partial charge on any atom is 0.329 e. The van der Waals surface area contributed by atoms with Gasteiger partial charge < -0.3 is 10.1 Å². The number of hydrogen-bond acceptors (Lipinski definition) is 6. The number of benzene rings is 2. The third-order valence-electron chi connectivity index (χ3n) is 4.96. The monoisotopic (exact) mass is 424 g/mol. The van der Waals surface area contributed by atoms with E-state index in [-0.39, 0.29) is 18.3 Å². The van der Waals surface area contributed by atoms with Crippen molar-refractivity contribution in [1.29, 1.82) is 0 Å². The van der Waals surface area contributed by atoms with Gasteiger partial charge in [0, 0.05) is 18.2 Å². The van der Waals surface area contributed by atoms with Crippen molar-refractivity contribution < 1.29 is 19.2 Å². The molecule has 3 rings (SSSR count). The second kappa shape index (κ2) is 10.9. The van der Waals surface area contributed by atoms with Gasteiger partial charge in [0.2, 0.25) is 0 Å². The van der Waals surface area contributed by atoms with Crippen LogP contribution in [-0.4, -0.2) is 29.0 Å². The molecule has 0 bridgehead atoms. The normalized spacial score (nSPS) is 14.2. The molecule has 0 aliphatic heterocycles. The Bertz CT molecular complexity index is 935. The smallest absolute Gasteiger partial charge is 0.329 e. The molecule has 9 nitrogen and oxygen atoms in total. The fourth-order valence-electron chi connectivity index (χ4n) is 3.24. The first kappa shape index (κ1) is 21.9. The Labute approximate surface area is 179 Å².